The lowest BCUT2D eigenvalue weighted by molar-refractivity contribution is -0.138. The highest BCUT2D eigenvalue weighted by Crippen LogP contribution is 2.41. The molecule has 174 valence electrons. The van der Waals surface area contributed by atoms with Crippen molar-refractivity contribution in [3.05, 3.63) is 77.7 Å². The predicted octanol–water partition coefficient (Wildman–Crippen LogP) is 5.66. The first-order valence-corrected chi connectivity index (χ1v) is 10.7. The van der Waals surface area contributed by atoms with Gasteiger partial charge in [0.05, 0.1) is 11.3 Å². The lowest BCUT2D eigenvalue weighted by Crippen LogP contribution is -2.07. The monoisotopic (exact) mass is 467 g/mol. The van der Waals surface area contributed by atoms with Gasteiger partial charge in [-0.25, -0.2) is 9.97 Å². The van der Waals surface area contributed by atoms with Gasteiger partial charge in [-0.3, -0.25) is 4.79 Å². The van der Waals surface area contributed by atoms with Gasteiger partial charge >= 0.3 is 12.1 Å². The molecule has 0 atom stereocenters. The van der Waals surface area contributed by atoms with Crippen LogP contribution in [-0.4, -0.2) is 25.6 Å². The van der Waals surface area contributed by atoms with Gasteiger partial charge in [-0.2, -0.15) is 13.2 Å². The molecular weight excluding hydrogens is 447 g/mol. The number of carboxylic acids is 1. The van der Waals surface area contributed by atoms with E-state index >= 15 is 0 Å². The molecule has 0 saturated heterocycles. The van der Waals surface area contributed by atoms with E-state index in [1.165, 1.54) is 12.1 Å². The number of carbonyl (C=O) groups is 1. The van der Waals surface area contributed by atoms with Crippen molar-refractivity contribution in [2.75, 3.05) is 0 Å². The zero-order valence-electron chi connectivity index (χ0n) is 17.9. The Balaban J connectivity index is 1.35. The third kappa shape index (κ3) is 4.59. The third-order valence-electron chi connectivity index (χ3n) is 5.77. The minimum Gasteiger partial charge on any atom is -0.489 e. The number of aliphatic carboxylic acids is 1. The molecule has 0 amide bonds. The van der Waals surface area contributed by atoms with Gasteiger partial charge in [-0.1, -0.05) is 12.1 Å². The van der Waals surface area contributed by atoms with Crippen LogP contribution in [-0.2, 0) is 24.1 Å². The second-order valence-corrected chi connectivity index (χ2v) is 8.30. The molecule has 1 saturated carbocycles. The molecule has 0 spiro atoms. The molecule has 9 heteroatoms. The molecule has 0 bridgehead atoms. The fourth-order valence-electron chi connectivity index (χ4n) is 3.90. The Morgan fingerprint density at radius 2 is 1.88 bits per heavy atom. The summed E-state index contributed by atoms with van der Waals surface area (Å²) in [6, 6.07) is 12.1. The van der Waals surface area contributed by atoms with Crippen molar-refractivity contribution in [2.24, 2.45) is 0 Å². The topological polar surface area (TPSA) is 77.2 Å². The molecular formula is C25H20F3N3O3. The van der Waals surface area contributed by atoms with Crippen molar-refractivity contribution in [2.45, 2.75) is 38.1 Å². The highest BCUT2D eigenvalue weighted by atomic mass is 19.4. The molecule has 2 heterocycles. The lowest BCUT2D eigenvalue weighted by atomic mass is 10.1. The second kappa shape index (κ2) is 8.48. The van der Waals surface area contributed by atoms with E-state index in [1.807, 2.05) is 18.2 Å². The molecule has 6 nitrogen and oxygen atoms in total. The van der Waals surface area contributed by atoms with Gasteiger partial charge in [0.2, 0.25) is 0 Å². The number of ether oxygens (including phenoxy) is 1. The highest BCUT2D eigenvalue weighted by Gasteiger charge is 2.31. The Bertz CT molecular complexity index is 1360. The van der Waals surface area contributed by atoms with Crippen LogP contribution in [0.4, 0.5) is 13.2 Å². The Labute approximate surface area is 192 Å². The number of aromatic nitrogens is 3. The number of carboxylic acid groups (broad SMARTS) is 1. The average molecular weight is 467 g/mol. The SMILES string of the molecule is O=C(O)Cn1ccc2cc(OCc3cnc(-c4ccc(C(F)(F)F)cc4)nc3C3CC3)ccc21. The minimum atomic E-state index is -4.39. The van der Waals surface area contributed by atoms with Crippen molar-refractivity contribution in [1.82, 2.24) is 14.5 Å². The number of rotatable bonds is 7. The first kappa shape index (κ1) is 21.9. The van der Waals surface area contributed by atoms with Crippen molar-refractivity contribution in [1.29, 1.82) is 0 Å². The average Bonchev–Trinajstić information content (AvgIpc) is 3.59. The van der Waals surface area contributed by atoms with Gasteiger partial charge < -0.3 is 14.4 Å². The summed E-state index contributed by atoms with van der Waals surface area (Å²) in [6.45, 7) is 0.136. The summed E-state index contributed by atoms with van der Waals surface area (Å²) < 4.78 is 46.2. The minimum absolute atomic E-state index is 0.114. The van der Waals surface area contributed by atoms with Gasteiger partial charge in [-0.05, 0) is 49.2 Å². The number of fused-ring (bicyclic) bond motifs is 1. The maximum absolute atomic E-state index is 12.8. The molecule has 2 aromatic carbocycles. The van der Waals surface area contributed by atoms with E-state index in [4.69, 9.17) is 9.84 Å². The number of benzene rings is 2. The number of halogens is 3. The van der Waals surface area contributed by atoms with Gasteiger partial charge in [0.1, 0.15) is 18.9 Å². The molecule has 4 aromatic rings. The maximum atomic E-state index is 12.8. The molecule has 1 aliphatic rings. The summed E-state index contributed by atoms with van der Waals surface area (Å²) >= 11 is 0. The first-order valence-electron chi connectivity index (χ1n) is 10.7. The summed E-state index contributed by atoms with van der Waals surface area (Å²) in [7, 11) is 0. The molecule has 1 N–H and O–H groups in total. The van der Waals surface area contributed by atoms with Gasteiger partial charge in [-0.15, -0.1) is 0 Å². The molecule has 1 fully saturated rings. The van der Waals surface area contributed by atoms with Gasteiger partial charge in [0.15, 0.2) is 5.82 Å². The van der Waals surface area contributed by atoms with E-state index in [2.05, 4.69) is 9.97 Å². The van der Waals surface area contributed by atoms with Crippen LogP contribution in [0.1, 0.15) is 35.6 Å². The predicted molar refractivity (Wildman–Crippen MR) is 118 cm³/mol. The summed E-state index contributed by atoms with van der Waals surface area (Å²) in [5, 5.41) is 9.89. The molecule has 5 rings (SSSR count). The molecule has 0 radical (unpaired) electrons. The molecule has 34 heavy (non-hydrogen) atoms. The Morgan fingerprint density at radius 3 is 2.56 bits per heavy atom. The Morgan fingerprint density at radius 1 is 1.12 bits per heavy atom. The fourth-order valence-corrected chi connectivity index (χ4v) is 3.90. The van der Waals surface area contributed by atoms with Crippen LogP contribution in [0.5, 0.6) is 5.75 Å². The van der Waals surface area contributed by atoms with Crippen LogP contribution in [0.3, 0.4) is 0 Å². The Hall–Kier alpha value is -3.88. The second-order valence-electron chi connectivity index (χ2n) is 8.30. The quantitative estimate of drug-likeness (QED) is 0.380. The number of hydrogen-bond acceptors (Lipinski definition) is 4. The number of alkyl halides is 3. The Kier molecular flexibility index (Phi) is 5.47. The number of nitrogens with zero attached hydrogens (tertiary/aromatic N) is 3. The van der Waals surface area contributed by atoms with Crippen molar-refractivity contribution in [3.8, 4) is 17.1 Å². The maximum Gasteiger partial charge on any atom is 0.416 e. The fraction of sp³-hybridized carbons (Fsp3) is 0.240. The summed E-state index contributed by atoms with van der Waals surface area (Å²) in [5.74, 6) is 0.405. The van der Waals surface area contributed by atoms with E-state index in [-0.39, 0.29) is 13.2 Å². The molecule has 0 unspecified atom stereocenters. The van der Waals surface area contributed by atoms with Crippen LogP contribution in [0.15, 0.2) is 60.9 Å². The standard InChI is InChI=1S/C25H20F3N3O3/c26-25(27,28)19-5-3-16(4-6-19)24-29-12-18(23(30-24)15-1-2-15)14-34-20-7-8-21-17(11-20)9-10-31(21)13-22(32)33/h3-12,15H,1-2,13-14H2,(H,32,33). The summed E-state index contributed by atoms with van der Waals surface area (Å²) in [6.07, 6.45) is 1.01. The summed E-state index contributed by atoms with van der Waals surface area (Å²) in [4.78, 5) is 20.0. The molecule has 1 aliphatic carbocycles. The highest BCUT2D eigenvalue weighted by molar-refractivity contribution is 5.83. The zero-order chi connectivity index (χ0) is 23.9. The van der Waals surface area contributed by atoms with Crippen molar-refractivity contribution >= 4 is 16.9 Å². The van der Waals surface area contributed by atoms with E-state index in [0.29, 0.717) is 23.1 Å². The van der Waals surface area contributed by atoms with E-state index in [9.17, 15) is 18.0 Å². The van der Waals surface area contributed by atoms with Crippen LogP contribution < -0.4 is 4.74 Å². The van der Waals surface area contributed by atoms with E-state index in [1.54, 1.807) is 23.0 Å². The van der Waals surface area contributed by atoms with Crippen molar-refractivity contribution < 1.29 is 27.8 Å². The number of hydrogen-bond donors (Lipinski definition) is 1. The largest absolute Gasteiger partial charge is 0.489 e. The van der Waals surface area contributed by atoms with Crippen LogP contribution in [0, 0.1) is 0 Å². The van der Waals surface area contributed by atoms with Crippen LogP contribution >= 0.6 is 0 Å². The van der Waals surface area contributed by atoms with Crippen LogP contribution in [0.25, 0.3) is 22.3 Å². The smallest absolute Gasteiger partial charge is 0.416 e. The van der Waals surface area contributed by atoms with E-state index in [0.717, 1.165) is 47.1 Å². The normalized spacial score (nSPS) is 13.9. The van der Waals surface area contributed by atoms with Gasteiger partial charge in [0.25, 0.3) is 0 Å². The lowest BCUT2D eigenvalue weighted by Gasteiger charge is -2.12. The summed E-state index contributed by atoms with van der Waals surface area (Å²) in [5.41, 5.74) is 2.32. The third-order valence-corrected chi connectivity index (χ3v) is 5.77. The first-order chi connectivity index (χ1) is 16.3. The zero-order valence-corrected chi connectivity index (χ0v) is 17.9. The molecule has 0 aliphatic heterocycles. The van der Waals surface area contributed by atoms with E-state index < -0.39 is 17.7 Å². The van der Waals surface area contributed by atoms with Crippen molar-refractivity contribution in [3.63, 3.8) is 0 Å². The molecule has 2 aromatic heterocycles. The van der Waals surface area contributed by atoms with Crippen LogP contribution in [0.2, 0.25) is 0 Å². The van der Waals surface area contributed by atoms with Gasteiger partial charge in [0, 0.05) is 40.3 Å².